The summed E-state index contributed by atoms with van der Waals surface area (Å²) in [5.74, 6) is -0.360. The SMILES string of the molecule is C[C@@H]1CN(c2ccc(F)cc2)CCN1S(=O)(=O)c1ccc(C(C)(O)C(F)(F)F)cc1. The van der Waals surface area contributed by atoms with Crippen molar-refractivity contribution < 1.29 is 31.1 Å². The van der Waals surface area contributed by atoms with Gasteiger partial charge in [-0.3, -0.25) is 0 Å². The minimum atomic E-state index is -4.89. The molecule has 0 aliphatic carbocycles. The Hall–Kier alpha value is -2.17. The molecule has 1 N–H and O–H groups in total. The molecule has 0 bridgehead atoms. The Kier molecular flexibility index (Phi) is 5.87. The average molecular weight is 446 g/mol. The fraction of sp³-hybridized carbons (Fsp3) is 0.400. The van der Waals surface area contributed by atoms with E-state index in [4.69, 9.17) is 0 Å². The summed E-state index contributed by atoms with van der Waals surface area (Å²) >= 11 is 0. The van der Waals surface area contributed by atoms with Crippen molar-refractivity contribution in [2.45, 2.75) is 36.6 Å². The lowest BCUT2D eigenvalue weighted by atomic mass is 9.96. The molecule has 1 aliphatic rings. The van der Waals surface area contributed by atoms with E-state index in [-0.39, 0.29) is 17.3 Å². The lowest BCUT2D eigenvalue weighted by molar-refractivity contribution is -0.258. The fourth-order valence-corrected chi connectivity index (χ4v) is 5.05. The van der Waals surface area contributed by atoms with Crippen LogP contribution in [0.2, 0.25) is 0 Å². The van der Waals surface area contributed by atoms with Gasteiger partial charge in [0.25, 0.3) is 0 Å². The number of piperazine rings is 1. The number of hydrogen-bond acceptors (Lipinski definition) is 4. The van der Waals surface area contributed by atoms with Gasteiger partial charge >= 0.3 is 6.18 Å². The highest BCUT2D eigenvalue weighted by atomic mass is 32.2. The van der Waals surface area contributed by atoms with Crippen molar-refractivity contribution >= 4 is 15.7 Å². The van der Waals surface area contributed by atoms with Gasteiger partial charge in [-0.25, -0.2) is 12.8 Å². The maximum absolute atomic E-state index is 13.1. The zero-order valence-electron chi connectivity index (χ0n) is 16.4. The molecule has 164 valence electrons. The summed E-state index contributed by atoms with van der Waals surface area (Å²) in [6.07, 6.45) is -4.89. The van der Waals surface area contributed by atoms with Crippen molar-refractivity contribution in [1.29, 1.82) is 0 Å². The highest BCUT2D eigenvalue weighted by Crippen LogP contribution is 2.38. The van der Waals surface area contributed by atoms with Crippen LogP contribution in [0.15, 0.2) is 53.4 Å². The summed E-state index contributed by atoms with van der Waals surface area (Å²) in [5, 5.41) is 9.75. The van der Waals surface area contributed by atoms with Crippen LogP contribution in [0, 0.1) is 5.82 Å². The number of halogens is 4. The molecule has 2 aromatic carbocycles. The second-order valence-electron chi connectivity index (χ2n) is 7.48. The molecule has 0 amide bonds. The Morgan fingerprint density at radius 1 is 1.00 bits per heavy atom. The van der Waals surface area contributed by atoms with Crippen molar-refractivity contribution in [3.63, 3.8) is 0 Å². The normalized spacial score (nSPS) is 20.8. The first-order chi connectivity index (χ1) is 13.8. The summed E-state index contributed by atoms with van der Waals surface area (Å²) in [6, 6.07) is 9.59. The summed E-state index contributed by atoms with van der Waals surface area (Å²) in [4.78, 5) is 1.80. The third kappa shape index (κ3) is 4.17. The molecule has 5 nitrogen and oxygen atoms in total. The van der Waals surface area contributed by atoms with Gasteiger partial charge in [-0.05, 0) is 55.8 Å². The van der Waals surface area contributed by atoms with E-state index >= 15 is 0 Å². The van der Waals surface area contributed by atoms with Crippen LogP contribution < -0.4 is 4.90 Å². The number of benzene rings is 2. The Balaban J connectivity index is 1.78. The van der Waals surface area contributed by atoms with Gasteiger partial charge in [-0.2, -0.15) is 17.5 Å². The van der Waals surface area contributed by atoms with Crippen molar-refractivity contribution in [2.24, 2.45) is 0 Å². The maximum Gasteiger partial charge on any atom is 0.421 e. The van der Waals surface area contributed by atoms with Crippen LogP contribution in [0.1, 0.15) is 19.4 Å². The lowest BCUT2D eigenvalue weighted by Gasteiger charge is -2.40. The van der Waals surface area contributed by atoms with E-state index in [9.17, 15) is 31.1 Å². The molecule has 1 fully saturated rings. The monoisotopic (exact) mass is 446 g/mol. The smallest absolute Gasteiger partial charge is 0.376 e. The van der Waals surface area contributed by atoms with Gasteiger partial charge in [0.2, 0.25) is 10.0 Å². The summed E-state index contributed by atoms with van der Waals surface area (Å²) < 4.78 is 79.4. The molecule has 0 spiro atoms. The minimum absolute atomic E-state index is 0.147. The zero-order chi connectivity index (χ0) is 22.3. The van der Waals surface area contributed by atoms with Crippen molar-refractivity contribution in [2.75, 3.05) is 24.5 Å². The zero-order valence-corrected chi connectivity index (χ0v) is 17.2. The van der Waals surface area contributed by atoms with Crippen LogP contribution in [-0.4, -0.2) is 49.7 Å². The molecule has 1 aliphatic heterocycles. The van der Waals surface area contributed by atoms with Crippen LogP contribution in [-0.2, 0) is 15.6 Å². The van der Waals surface area contributed by atoms with Crippen LogP contribution in [0.25, 0.3) is 0 Å². The van der Waals surface area contributed by atoms with Gasteiger partial charge < -0.3 is 10.0 Å². The molecular formula is C20H22F4N2O3S. The second kappa shape index (κ2) is 7.82. The lowest BCUT2D eigenvalue weighted by Crippen LogP contribution is -2.54. The molecule has 30 heavy (non-hydrogen) atoms. The first kappa shape index (κ1) is 22.5. The molecule has 0 saturated carbocycles. The number of alkyl halides is 3. The molecule has 2 atom stereocenters. The molecule has 1 unspecified atom stereocenters. The van der Waals surface area contributed by atoms with Gasteiger partial charge in [-0.15, -0.1) is 0 Å². The molecule has 0 radical (unpaired) electrons. The molecule has 2 aromatic rings. The topological polar surface area (TPSA) is 60.9 Å². The number of aliphatic hydroxyl groups is 1. The Morgan fingerprint density at radius 2 is 1.57 bits per heavy atom. The third-order valence-electron chi connectivity index (χ3n) is 5.33. The van der Waals surface area contributed by atoms with Crippen molar-refractivity contribution in [3.05, 3.63) is 59.9 Å². The number of anilines is 1. The quantitative estimate of drug-likeness (QED) is 0.731. The molecular weight excluding hydrogens is 424 g/mol. The van der Waals surface area contributed by atoms with Gasteiger partial charge in [0.05, 0.1) is 4.90 Å². The van der Waals surface area contributed by atoms with E-state index in [2.05, 4.69) is 0 Å². The first-order valence-electron chi connectivity index (χ1n) is 9.26. The van der Waals surface area contributed by atoms with Gasteiger partial charge in [0, 0.05) is 31.4 Å². The van der Waals surface area contributed by atoms with Crippen molar-refractivity contribution in [1.82, 2.24) is 4.31 Å². The number of hydrogen-bond donors (Lipinski definition) is 1. The van der Waals surface area contributed by atoms with Crippen molar-refractivity contribution in [3.8, 4) is 0 Å². The van der Waals surface area contributed by atoms with E-state index < -0.39 is 33.4 Å². The van der Waals surface area contributed by atoms with E-state index in [1.807, 2.05) is 4.90 Å². The molecule has 3 rings (SSSR count). The maximum atomic E-state index is 13.1. The third-order valence-corrected chi connectivity index (χ3v) is 7.36. The largest absolute Gasteiger partial charge is 0.421 e. The predicted octanol–water partition coefficient (Wildman–Crippen LogP) is 3.49. The highest BCUT2D eigenvalue weighted by Gasteiger charge is 2.51. The summed E-state index contributed by atoms with van der Waals surface area (Å²) in [6.45, 7) is 3.29. The Labute approximate surface area is 172 Å². The Bertz CT molecular complexity index is 990. The van der Waals surface area contributed by atoms with Crippen LogP contribution >= 0.6 is 0 Å². The molecule has 1 saturated heterocycles. The van der Waals surface area contributed by atoms with Crippen LogP contribution in [0.5, 0.6) is 0 Å². The van der Waals surface area contributed by atoms with E-state index in [0.29, 0.717) is 20.0 Å². The van der Waals surface area contributed by atoms with Crippen LogP contribution in [0.3, 0.4) is 0 Å². The number of nitrogens with zero attached hydrogens (tertiary/aromatic N) is 2. The van der Waals surface area contributed by atoms with E-state index in [1.54, 1.807) is 19.1 Å². The standard InChI is InChI=1S/C20H22F4N2O3S/c1-14-13-25(17-7-5-16(21)6-8-17)11-12-26(14)30(28,29)18-9-3-15(4-10-18)19(2,27)20(22,23)24/h3-10,14,27H,11-13H2,1-2H3/t14-,19?/m1/s1. The molecule has 1 heterocycles. The first-order valence-corrected chi connectivity index (χ1v) is 10.7. The molecule has 0 aromatic heterocycles. The summed E-state index contributed by atoms with van der Waals surface area (Å²) in [5.41, 5.74) is -2.74. The van der Waals surface area contributed by atoms with Crippen LogP contribution in [0.4, 0.5) is 23.2 Å². The van der Waals surface area contributed by atoms with Gasteiger partial charge in [0.15, 0.2) is 5.60 Å². The molecule has 10 heteroatoms. The number of rotatable bonds is 4. The average Bonchev–Trinajstić information content (AvgIpc) is 2.67. The second-order valence-corrected chi connectivity index (χ2v) is 9.37. The minimum Gasteiger partial charge on any atom is -0.376 e. The Morgan fingerprint density at radius 3 is 2.07 bits per heavy atom. The highest BCUT2D eigenvalue weighted by molar-refractivity contribution is 7.89. The van der Waals surface area contributed by atoms with E-state index in [1.165, 1.54) is 16.4 Å². The fourth-order valence-electron chi connectivity index (χ4n) is 3.43. The van der Waals surface area contributed by atoms with Gasteiger partial charge in [-0.1, -0.05) is 12.1 Å². The van der Waals surface area contributed by atoms with E-state index in [0.717, 1.165) is 30.0 Å². The van der Waals surface area contributed by atoms with Gasteiger partial charge in [0.1, 0.15) is 5.82 Å². The predicted molar refractivity (Wildman–Crippen MR) is 104 cm³/mol. The number of sulfonamides is 1. The summed E-state index contributed by atoms with van der Waals surface area (Å²) in [7, 11) is -3.94.